The molecule has 0 heterocycles. The SMILES string of the molecule is CCOC(=O)C=N/C(=C/C(=O)OC)C(=O)OC. The van der Waals surface area contributed by atoms with Crippen molar-refractivity contribution in [3.8, 4) is 0 Å². The molecule has 0 aromatic heterocycles. The van der Waals surface area contributed by atoms with Crippen LogP contribution in [0.25, 0.3) is 0 Å². The molecule has 0 aromatic rings. The van der Waals surface area contributed by atoms with E-state index in [9.17, 15) is 14.4 Å². The minimum atomic E-state index is -0.865. The quantitative estimate of drug-likeness (QED) is 0.288. The smallest absolute Gasteiger partial charge is 0.356 e. The van der Waals surface area contributed by atoms with Crippen molar-refractivity contribution in [3.05, 3.63) is 11.8 Å². The Hall–Kier alpha value is -2.18. The number of aliphatic imine (C=N–C) groups is 1. The monoisotopic (exact) mass is 243 g/mol. The van der Waals surface area contributed by atoms with Crippen LogP contribution in [-0.2, 0) is 28.6 Å². The van der Waals surface area contributed by atoms with Gasteiger partial charge in [-0.15, -0.1) is 0 Å². The molecule has 0 N–H and O–H groups in total. The molecular weight excluding hydrogens is 230 g/mol. The van der Waals surface area contributed by atoms with Crippen LogP contribution >= 0.6 is 0 Å². The average Bonchev–Trinajstić information content (AvgIpc) is 2.33. The zero-order valence-electron chi connectivity index (χ0n) is 9.76. The van der Waals surface area contributed by atoms with Crippen LogP contribution in [0.3, 0.4) is 0 Å². The zero-order chi connectivity index (χ0) is 13.3. The summed E-state index contributed by atoms with van der Waals surface area (Å²) < 4.78 is 13.2. The Kier molecular flexibility index (Phi) is 7.00. The summed E-state index contributed by atoms with van der Waals surface area (Å²) in [7, 11) is 2.26. The lowest BCUT2D eigenvalue weighted by Gasteiger charge is -1.99. The summed E-state index contributed by atoms with van der Waals surface area (Å²) >= 11 is 0. The molecule has 7 nitrogen and oxygen atoms in total. The molecule has 94 valence electrons. The van der Waals surface area contributed by atoms with Gasteiger partial charge < -0.3 is 14.2 Å². The fourth-order valence-corrected chi connectivity index (χ4v) is 0.726. The lowest BCUT2D eigenvalue weighted by molar-refractivity contribution is -0.138. The van der Waals surface area contributed by atoms with Gasteiger partial charge in [0.2, 0.25) is 0 Å². The summed E-state index contributed by atoms with van der Waals surface area (Å²) in [5.74, 6) is -2.38. The van der Waals surface area contributed by atoms with Crippen molar-refractivity contribution < 1.29 is 28.6 Å². The van der Waals surface area contributed by atoms with Gasteiger partial charge in [0.15, 0.2) is 5.70 Å². The first-order valence-electron chi connectivity index (χ1n) is 4.63. The maximum atomic E-state index is 11.2. The summed E-state index contributed by atoms with van der Waals surface area (Å²) in [6.07, 6.45) is 1.58. The van der Waals surface area contributed by atoms with Crippen LogP contribution in [0.15, 0.2) is 16.8 Å². The van der Waals surface area contributed by atoms with E-state index in [0.717, 1.165) is 26.5 Å². The second-order valence-corrected chi connectivity index (χ2v) is 2.55. The molecule has 0 radical (unpaired) electrons. The van der Waals surface area contributed by atoms with Gasteiger partial charge in [0.1, 0.15) is 6.21 Å². The van der Waals surface area contributed by atoms with Crippen LogP contribution in [-0.4, -0.2) is 44.9 Å². The summed E-state index contributed by atoms with van der Waals surface area (Å²) in [5, 5.41) is 0. The number of rotatable bonds is 5. The van der Waals surface area contributed by atoms with Gasteiger partial charge in [-0.25, -0.2) is 19.4 Å². The molecule has 0 aromatic carbocycles. The Labute approximate surface area is 98.1 Å². The largest absolute Gasteiger partial charge is 0.466 e. The van der Waals surface area contributed by atoms with Crippen LogP contribution in [0.4, 0.5) is 0 Å². The van der Waals surface area contributed by atoms with E-state index in [2.05, 4.69) is 19.2 Å². The Morgan fingerprint density at radius 3 is 2.24 bits per heavy atom. The Bertz CT molecular complexity index is 358. The number of nitrogens with zero attached hydrogens (tertiary/aromatic N) is 1. The van der Waals surface area contributed by atoms with Gasteiger partial charge in [0.05, 0.1) is 26.9 Å². The second-order valence-electron chi connectivity index (χ2n) is 2.55. The van der Waals surface area contributed by atoms with E-state index in [0.29, 0.717) is 0 Å². The van der Waals surface area contributed by atoms with Crippen LogP contribution < -0.4 is 0 Å². The van der Waals surface area contributed by atoms with E-state index in [1.807, 2.05) is 0 Å². The lowest BCUT2D eigenvalue weighted by atomic mass is 10.4. The van der Waals surface area contributed by atoms with Gasteiger partial charge in [-0.3, -0.25) is 0 Å². The Balaban J connectivity index is 4.84. The summed E-state index contributed by atoms with van der Waals surface area (Å²) in [4.78, 5) is 36.5. The zero-order valence-corrected chi connectivity index (χ0v) is 9.76. The maximum absolute atomic E-state index is 11.2. The van der Waals surface area contributed by atoms with Crippen molar-refractivity contribution in [2.24, 2.45) is 4.99 Å². The first-order valence-corrected chi connectivity index (χ1v) is 4.63. The first kappa shape index (κ1) is 14.8. The van der Waals surface area contributed by atoms with Crippen molar-refractivity contribution in [2.75, 3.05) is 20.8 Å². The number of methoxy groups -OCH3 is 2. The van der Waals surface area contributed by atoms with Crippen molar-refractivity contribution in [1.82, 2.24) is 0 Å². The number of esters is 3. The average molecular weight is 243 g/mol. The molecule has 0 amide bonds. The summed E-state index contributed by atoms with van der Waals surface area (Å²) in [6.45, 7) is 1.80. The van der Waals surface area contributed by atoms with E-state index in [1.54, 1.807) is 6.92 Å². The highest BCUT2D eigenvalue weighted by molar-refractivity contribution is 6.24. The molecule has 0 rings (SSSR count). The fraction of sp³-hybridized carbons (Fsp3) is 0.400. The molecular formula is C10H13NO6. The normalized spacial score (nSPS) is 11.1. The third kappa shape index (κ3) is 6.08. The van der Waals surface area contributed by atoms with E-state index in [1.165, 1.54) is 0 Å². The molecule has 0 aliphatic heterocycles. The third-order valence-electron chi connectivity index (χ3n) is 1.45. The van der Waals surface area contributed by atoms with E-state index < -0.39 is 17.9 Å². The molecule has 0 aliphatic rings. The van der Waals surface area contributed by atoms with Gasteiger partial charge in [0, 0.05) is 0 Å². The molecule has 0 aliphatic carbocycles. The molecule has 0 atom stereocenters. The Morgan fingerprint density at radius 1 is 1.12 bits per heavy atom. The highest BCUT2D eigenvalue weighted by Crippen LogP contribution is 2.00. The Morgan fingerprint density at radius 2 is 1.76 bits per heavy atom. The first-order chi connectivity index (χ1) is 8.04. The topological polar surface area (TPSA) is 91.3 Å². The van der Waals surface area contributed by atoms with Crippen molar-refractivity contribution in [3.63, 3.8) is 0 Å². The highest BCUT2D eigenvalue weighted by Gasteiger charge is 2.11. The molecule has 0 unspecified atom stereocenters. The van der Waals surface area contributed by atoms with Crippen molar-refractivity contribution in [2.45, 2.75) is 6.92 Å². The summed E-state index contributed by atoms with van der Waals surface area (Å²) in [5.41, 5.74) is -0.354. The van der Waals surface area contributed by atoms with Crippen LogP contribution in [0, 0.1) is 0 Å². The lowest BCUT2D eigenvalue weighted by Crippen LogP contribution is -2.10. The predicted octanol–water partition coefficient (Wildman–Crippen LogP) is -0.150. The molecule has 0 fully saturated rings. The third-order valence-corrected chi connectivity index (χ3v) is 1.45. The molecule has 0 spiro atoms. The van der Waals surface area contributed by atoms with E-state index in [-0.39, 0.29) is 12.3 Å². The molecule has 7 heteroatoms. The van der Waals surface area contributed by atoms with Gasteiger partial charge >= 0.3 is 17.9 Å². The number of carbonyl (C=O) groups is 3. The molecule has 0 saturated carbocycles. The standard InChI is InChI=1S/C10H13NO6/c1-4-17-9(13)6-11-7(10(14)16-3)5-8(12)15-2/h5-6H,4H2,1-3H3/b7-5+,11-6?. The fourth-order valence-electron chi connectivity index (χ4n) is 0.726. The maximum Gasteiger partial charge on any atom is 0.356 e. The van der Waals surface area contributed by atoms with Gasteiger partial charge in [0.25, 0.3) is 0 Å². The number of ether oxygens (including phenoxy) is 3. The van der Waals surface area contributed by atoms with Gasteiger partial charge in [-0.05, 0) is 6.92 Å². The van der Waals surface area contributed by atoms with Crippen molar-refractivity contribution in [1.29, 1.82) is 0 Å². The highest BCUT2D eigenvalue weighted by atomic mass is 16.5. The number of carbonyl (C=O) groups excluding carboxylic acids is 3. The number of hydrogen-bond donors (Lipinski definition) is 0. The molecule has 0 bridgehead atoms. The summed E-state index contributed by atoms with van der Waals surface area (Å²) in [6, 6.07) is 0. The van der Waals surface area contributed by atoms with Gasteiger partial charge in [-0.2, -0.15) is 0 Å². The van der Waals surface area contributed by atoms with Crippen LogP contribution in [0.1, 0.15) is 6.92 Å². The second kappa shape index (κ2) is 8.03. The van der Waals surface area contributed by atoms with Crippen LogP contribution in [0.2, 0.25) is 0 Å². The minimum absolute atomic E-state index is 0.180. The minimum Gasteiger partial charge on any atom is -0.466 e. The van der Waals surface area contributed by atoms with E-state index in [4.69, 9.17) is 0 Å². The van der Waals surface area contributed by atoms with Crippen molar-refractivity contribution >= 4 is 24.1 Å². The molecule has 17 heavy (non-hydrogen) atoms. The number of hydrogen-bond acceptors (Lipinski definition) is 7. The predicted molar refractivity (Wildman–Crippen MR) is 57.2 cm³/mol. The molecule has 0 saturated heterocycles. The van der Waals surface area contributed by atoms with E-state index >= 15 is 0 Å². The van der Waals surface area contributed by atoms with Gasteiger partial charge in [-0.1, -0.05) is 0 Å². The van der Waals surface area contributed by atoms with Crippen LogP contribution in [0.5, 0.6) is 0 Å².